The Hall–Kier alpha value is -2.56. The predicted molar refractivity (Wildman–Crippen MR) is 78.3 cm³/mol. The van der Waals surface area contributed by atoms with E-state index in [2.05, 4.69) is 10.6 Å². The summed E-state index contributed by atoms with van der Waals surface area (Å²) in [5, 5.41) is 5.65. The highest BCUT2D eigenvalue weighted by Gasteiger charge is 2.25. The Morgan fingerprint density at radius 3 is 2.57 bits per heavy atom. The molecule has 1 saturated carbocycles. The molecule has 108 valence electrons. The van der Waals surface area contributed by atoms with E-state index in [1.165, 1.54) is 6.26 Å². The zero-order valence-electron chi connectivity index (χ0n) is 11.7. The summed E-state index contributed by atoms with van der Waals surface area (Å²) in [4.78, 5) is 24.3. The van der Waals surface area contributed by atoms with E-state index in [9.17, 15) is 9.59 Å². The first-order valence-electron chi connectivity index (χ1n) is 6.90. The van der Waals surface area contributed by atoms with Crippen molar-refractivity contribution in [3.05, 3.63) is 53.5 Å². The molecular weight excluding hydrogens is 268 g/mol. The maximum absolute atomic E-state index is 12.2. The van der Waals surface area contributed by atoms with Gasteiger partial charge < -0.3 is 15.1 Å². The van der Waals surface area contributed by atoms with Gasteiger partial charge in [-0.05, 0) is 38.0 Å². The average molecular weight is 284 g/mol. The lowest BCUT2D eigenvalue weighted by Gasteiger charge is -2.10. The monoisotopic (exact) mass is 284 g/mol. The molecule has 1 fully saturated rings. The van der Waals surface area contributed by atoms with Gasteiger partial charge in [-0.25, -0.2) is 0 Å². The average Bonchev–Trinajstić information content (AvgIpc) is 3.17. The van der Waals surface area contributed by atoms with Crippen LogP contribution in [0.5, 0.6) is 0 Å². The van der Waals surface area contributed by atoms with Crippen molar-refractivity contribution in [1.29, 1.82) is 0 Å². The molecule has 1 aromatic carbocycles. The van der Waals surface area contributed by atoms with Crippen molar-refractivity contribution in [1.82, 2.24) is 5.32 Å². The second-order valence-corrected chi connectivity index (χ2v) is 5.18. The minimum atomic E-state index is -0.357. The largest absolute Gasteiger partial charge is 0.459 e. The molecule has 0 radical (unpaired) electrons. The van der Waals surface area contributed by atoms with E-state index >= 15 is 0 Å². The van der Waals surface area contributed by atoms with Crippen LogP contribution < -0.4 is 10.6 Å². The standard InChI is InChI=1S/C16H16N2O3/c1-10-8-9-21-14(10)16(20)18-13-5-3-2-4-12(13)15(19)17-11-6-7-11/h2-5,8-9,11H,6-7H2,1H3,(H,17,19)(H,18,20). The molecule has 0 unspecified atom stereocenters. The molecule has 0 saturated heterocycles. The van der Waals surface area contributed by atoms with Crippen LogP contribution in [0.25, 0.3) is 0 Å². The molecule has 2 N–H and O–H groups in total. The highest BCUT2D eigenvalue weighted by Crippen LogP contribution is 2.22. The third kappa shape index (κ3) is 2.97. The molecule has 21 heavy (non-hydrogen) atoms. The predicted octanol–water partition coefficient (Wildman–Crippen LogP) is 2.73. The van der Waals surface area contributed by atoms with Gasteiger partial charge in [0.25, 0.3) is 11.8 Å². The van der Waals surface area contributed by atoms with Crippen LogP contribution in [0, 0.1) is 6.92 Å². The maximum Gasteiger partial charge on any atom is 0.291 e. The molecule has 1 aliphatic rings. The molecule has 2 aromatic rings. The number of hydrogen-bond acceptors (Lipinski definition) is 3. The van der Waals surface area contributed by atoms with Crippen molar-refractivity contribution < 1.29 is 14.0 Å². The molecule has 3 rings (SSSR count). The van der Waals surface area contributed by atoms with E-state index in [1.54, 1.807) is 37.3 Å². The SMILES string of the molecule is Cc1ccoc1C(=O)Nc1ccccc1C(=O)NC1CC1. The minimum absolute atomic E-state index is 0.162. The first-order chi connectivity index (χ1) is 10.1. The molecule has 1 aliphatic carbocycles. The molecule has 1 aromatic heterocycles. The number of amides is 2. The zero-order valence-corrected chi connectivity index (χ0v) is 11.7. The summed E-state index contributed by atoms with van der Waals surface area (Å²) in [6.07, 6.45) is 3.51. The molecule has 0 atom stereocenters. The fourth-order valence-electron chi connectivity index (χ4n) is 2.07. The van der Waals surface area contributed by atoms with Gasteiger partial charge in [0.05, 0.1) is 17.5 Å². The Morgan fingerprint density at radius 2 is 1.90 bits per heavy atom. The number of carbonyl (C=O) groups is 2. The summed E-state index contributed by atoms with van der Waals surface area (Å²) < 4.78 is 5.16. The van der Waals surface area contributed by atoms with Crippen molar-refractivity contribution in [2.24, 2.45) is 0 Å². The summed E-state index contributed by atoms with van der Waals surface area (Å²) in [7, 11) is 0. The van der Waals surface area contributed by atoms with E-state index in [1.807, 2.05) is 0 Å². The lowest BCUT2D eigenvalue weighted by Crippen LogP contribution is -2.27. The number of para-hydroxylation sites is 1. The summed E-state index contributed by atoms with van der Waals surface area (Å²) in [5.74, 6) is -0.263. The van der Waals surface area contributed by atoms with Crippen LogP contribution in [0.2, 0.25) is 0 Å². The van der Waals surface area contributed by atoms with Crippen molar-refractivity contribution in [3.8, 4) is 0 Å². The summed E-state index contributed by atoms with van der Waals surface area (Å²) in [6.45, 7) is 1.80. The summed E-state index contributed by atoms with van der Waals surface area (Å²) >= 11 is 0. The van der Waals surface area contributed by atoms with E-state index in [0.717, 1.165) is 18.4 Å². The van der Waals surface area contributed by atoms with Gasteiger partial charge in [0.2, 0.25) is 0 Å². The van der Waals surface area contributed by atoms with Crippen LogP contribution in [0.4, 0.5) is 5.69 Å². The highest BCUT2D eigenvalue weighted by atomic mass is 16.3. The second-order valence-electron chi connectivity index (χ2n) is 5.18. The van der Waals surface area contributed by atoms with Crippen LogP contribution in [0.15, 0.2) is 41.0 Å². The maximum atomic E-state index is 12.2. The molecule has 0 bridgehead atoms. The van der Waals surface area contributed by atoms with Crippen molar-refractivity contribution >= 4 is 17.5 Å². The van der Waals surface area contributed by atoms with Crippen LogP contribution in [0.1, 0.15) is 39.3 Å². The number of nitrogens with one attached hydrogen (secondary N) is 2. The van der Waals surface area contributed by atoms with Gasteiger partial charge >= 0.3 is 0 Å². The third-order valence-corrected chi connectivity index (χ3v) is 3.40. The number of furan rings is 1. The van der Waals surface area contributed by atoms with Crippen molar-refractivity contribution in [2.45, 2.75) is 25.8 Å². The molecule has 2 amide bonds. The normalized spacial score (nSPS) is 13.8. The van der Waals surface area contributed by atoms with Gasteiger partial charge in [-0.15, -0.1) is 0 Å². The minimum Gasteiger partial charge on any atom is -0.459 e. The quantitative estimate of drug-likeness (QED) is 0.906. The van der Waals surface area contributed by atoms with Gasteiger partial charge in [0.1, 0.15) is 0 Å². The third-order valence-electron chi connectivity index (χ3n) is 3.40. The molecular formula is C16H16N2O3. The summed E-state index contributed by atoms with van der Waals surface area (Å²) in [5.41, 5.74) is 1.70. The van der Waals surface area contributed by atoms with E-state index in [0.29, 0.717) is 11.3 Å². The fraction of sp³-hybridized carbons (Fsp3) is 0.250. The number of carbonyl (C=O) groups excluding carboxylic acids is 2. The van der Waals surface area contributed by atoms with Crippen LogP contribution in [-0.4, -0.2) is 17.9 Å². The molecule has 5 nitrogen and oxygen atoms in total. The Morgan fingerprint density at radius 1 is 1.14 bits per heavy atom. The van der Waals surface area contributed by atoms with Gasteiger partial charge in [0, 0.05) is 11.6 Å². The second kappa shape index (κ2) is 5.44. The zero-order chi connectivity index (χ0) is 14.8. The van der Waals surface area contributed by atoms with Crippen molar-refractivity contribution in [2.75, 3.05) is 5.32 Å². The number of hydrogen-bond donors (Lipinski definition) is 2. The Balaban J connectivity index is 1.80. The molecule has 0 aliphatic heterocycles. The van der Waals surface area contributed by atoms with Crippen LogP contribution in [0.3, 0.4) is 0 Å². The first-order valence-corrected chi connectivity index (χ1v) is 6.90. The first kappa shape index (κ1) is 13.4. The van der Waals surface area contributed by atoms with E-state index in [4.69, 9.17) is 4.42 Å². The number of aryl methyl sites for hydroxylation is 1. The Bertz CT molecular complexity index is 686. The van der Waals surface area contributed by atoms with Crippen LogP contribution >= 0.6 is 0 Å². The molecule has 5 heteroatoms. The van der Waals surface area contributed by atoms with Gasteiger partial charge in [-0.2, -0.15) is 0 Å². The Labute approximate surface area is 122 Å². The smallest absolute Gasteiger partial charge is 0.291 e. The Kier molecular flexibility index (Phi) is 3.48. The number of rotatable bonds is 4. The molecule has 1 heterocycles. The lowest BCUT2D eigenvalue weighted by atomic mass is 10.1. The van der Waals surface area contributed by atoms with Gasteiger partial charge in [0.15, 0.2) is 5.76 Å². The van der Waals surface area contributed by atoms with E-state index in [-0.39, 0.29) is 23.6 Å². The van der Waals surface area contributed by atoms with Crippen molar-refractivity contribution in [3.63, 3.8) is 0 Å². The van der Waals surface area contributed by atoms with Gasteiger partial charge in [-0.1, -0.05) is 12.1 Å². The van der Waals surface area contributed by atoms with Crippen LogP contribution in [-0.2, 0) is 0 Å². The topological polar surface area (TPSA) is 71.3 Å². The number of benzene rings is 1. The van der Waals surface area contributed by atoms with E-state index < -0.39 is 0 Å². The molecule has 0 spiro atoms. The number of anilines is 1. The lowest BCUT2D eigenvalue weighted by molar-refractivity contribution is 0.0952. The highest BCUT2D eigenvalue weighted by molar-refractivity contribution is 6.08. The summed E-state index contributed by atoms with van der Waals surface area (Å²) in [6, 6.07) is 8.95. The van der Waals surface area contributed by atoms with Gasteiger partial charge in [-0.3, -0.25) is 9.59 Å². The fourth-order valence-corrected chi connectivity index (χ4v) is 2.07.